The van der Waals surface area contributed by atoms with Crippen molar-refractivity contribution in [2.75, 3.05) is 36.0 Å². The monoisotopic (exact) mass is 310 g/mol. The van der Waals surface area contributed by atoms with Gasteiger partial charge in [0, 0.05) is 25.3 Å². The predicted octanol–water partition coefficient (Wildman–Crippen LogP) is 2.06. The van der Waals surface area contributed by atoms with E-state index in [9.17, 15) is 8.42 Å². The van der Waals surface area contributed by atoms with Crippen LogP contribution in [0.1, 0.15) is 25.8 Å². The van der Waals surface area contributed by atoms with Gasteiger partial charge in [0.15, 0.2) is 9.84 Å². The summed E-state index contributed by atoms with van der Waals surface area (Å²) in [5.41, 5.74) is 2.50. The van der Waals surface area contributed by atoms with E-state index in [0.29, 0.717) is 11.5 Å². The minimum absolute atomic E-state index is 0.282. The molecule has 0 saturated carbocycles. The number of nitrogens with zero attached hydrogens (tertiary/aromatic N) is 1. The maximum Gasteiger partial charge on any atom is 0.150 e. The number of benzene rings is 1. The van der Waals surface area contributed by atoms with Gasteiger partial charge < -0.3 is 10.2 Å². The second kappa shape index (κ2) is 7.27. The molecule has 1 unspecified atom stereocenters. The van der Waals surface area contributed by atoms with Crippen LogP contribution in [0.2, 0.25) is 0 Å². The largest absolute Gasteiger partial charge is 0.372 e. The Hall–Kier alpha value is -1.07. The summed E-state index contributed by atoms with van der Waals surface area (Å²) in [5.74, 6) is 0.990. The maximum atomic E-state index is 11.4. The molecule has 0 amide bonds. The van der Waals surface area contributed by atoms with Gasteiger partial charge in [-0.25, -0.2) is 8.42 Å². The van der Waals surface area contributed by atoms with Crippen LogP contribution in [0.25, 0.3) is 0 Å². The molecule has 21 heavy (non-hydrogen) atoms. The number of hydrogen-bond acceptors (Lipinski definition) is 4. The van der Waals surface area contributed by atoms with E-state index in [1.54, 1.807) is 0 Å². The van der Waals surface area contributed by atoms with Crippen molar-refractivity contribution in [3.63, 3.8) is 0 Å². The molecule has 1 heterocycles. The molecule has 5 heteroatoms. The highest BCUT2D eigenvalue weighted by atomic mass is 32.2. The molecular weight excluding hydrogens is 284 g/mol. The Balaban J connectivity index is 1.79. The van der Waals surface area contributed by atoms with Crippen LogP contribution in [0.4, 0.5) is 5.69 Å². The van der Waals surface area contributed by atoms with Gasteiger partial charge >= 0.3 is 0 Å². The van der Waals surface area contributed by atoms with Crippen LogP contribution < -0.4 is 10.2 Å². The van der Waals surface area contributed by atoms with Crippen LogP contribution in [0.5, 0.6) is 0 Å². The smallest absolute Gasteiger partial charge is 0.150 e. The Kier molecular flexibility index (Phi) is 5.65. The molecule has 1 saturated heterocycles. The van der Waals surface area contributed by atoms with Crippen LogP contribution in [-0.2, 0) is 16.4 Å². The fourth-order valence-corrected chi connectivity index (χ4v) is 4.73. The van der Waals surface area contributed by atoms with Crippen molar-refractivity contribution >= 4 is 15.5 Å². The highest BCUT2D eigenvalue weighted by Crippen LogP contribution is 2.18. The number of nitrogens with one attached hydrogen (secondary N) is 1. The van der Waals surface area contributed by atoms with E-state index in [4.69, 9.17) is 0 Å². The summed E-state index contributed by atoms with van der Waals surface area (Å²) < 4.78 is 22.8. The summed E-state index contributed by atoms with van der Waals surface area (Å²) in [6.07, 6.45) is 0.802. The molecule has 1 aliphatic rings. The van der Waals surface area contributed by atoms with Gasteiger partial charge in [0.25, 0.3) is 0 Å². The van der Waals surface area contributed by atoms with Crippen molar-refractivity contribution in [1.82, 2.24) is 5.32 Å². The van der Waals surface area contributed by atoms with Gasteiger partial charge in [-0.1, -0.05) is 12.1 Å². The number of hydrogen-bond donors (Lipinski definition) is 1. The van der Waals surface area contributed by atoms with E-state index in [0.717, 1.165) is 32.6 Å². The van der Waals surface area contributed by atoms with Crippen molar-refractivity contribution in [2.24, 2.45) is 5.92 Å². The van der Waals surface area contributed by atoms with Crippen LogP contribution in [-0.4, -0.2) is 39.6 Å². The van der Waals surface area contributed by atoms with Crippen LogP contribution in [0.3, 0.4) is 0 Å². The fraction of sp³-hybridized carbons (Fsp3) is 0.625. The molecule has 4 nitrogen and oxygen atoms in total. The lowest BCUT2D eigenvalue weighted by Crippen LogP contribution is -2.23. The van der Waals surface area contributed by atoms with E-state index in [1.807, 2.05) is 0 Å². The Morgan fingerprint density at radius 1 is 1.19 bits per heavy atom. The van der Waals surface area contributed by atoms with Crippen molar-refractivity contribution in [3.05, 3.63) is 29.8 Å². The quantitative estimate of drug-likeness (QED) is 0.837. The predicted molar refractivity (Wildman–Crippen MR) is 88.5 cm³/mol. The molecule has 1 N–H and O–H groups in total. The van der Waals surface area contributed by atoms with Crippen LogP contribution in [0, 0.1) is 5.92 Å². The summed E-state index contributed by atoms with van der Waals surface area (Å²) in [5, 5.41) is 3.38. The zero-order chi connectivity index (χ0) is 15.3. The molecule has 1 aliphatic heterocycles. The lowest BCUT2D eigenvalue weighted by molar-refractivity contribution is 0.521. The summed E-state index contributed by atoms with van der Waals surface area (Å²) in [6.45, 7) is 7.95. The normalized spacial score (nSPS) is 20.6. The Morgan fingerprint density at radius 2 is 1.86 bits per heavy atom. The van der Waals surface area contributed by atoms with E-state index in [2.05, 4.69) is 48.3 Å². The Bertz CT molecular complexity index is 536. The minimum Gasteiger partial charge on any atom is -0.372 e. The summed E-state index contributed by atoms with van der Waals surface area (Å²) in [6, 6.07) is 8.60. The molecule has 0 radical (unpaired) electrons. The van der Waals surface area contributed by atoms with Gasteiger partial charge in [-0.2, -0.15) is 0 Å². The van der Waals surface area contributed by atoms with Gasteiger partial charge in [-0.15, -0.1) is 0 Å². The first-order chi connectivity index (χ1) is 10.0. The van der Waals surface area contributed by atoms with Crippen LogP contribution >= 0.6 is 0 Å². The van der Waals surface area contributed by atoms with Crippen molar-refractivity contribution in [1.29, 1.82) is 0 Å². The Labute approximate surface area is 128 Å². The number of anilines is 1. The second-order valence-corrected chi connectivity index (χ2v) is 7.97. The summed E-state index contributed by atoms with van der Waals surface area (Å²) in [7, 11) is -2.76. The third-order valence-corrected chi connectivity index (χ3v) is 5.99. The van der Waals surface area contributed by atoms with Gasteiger partial charge in [0.2, 0.25) is 0 Å². The molecule has 0 bridgehead atoms. The molecule has 0 spiro atoms. The minimum atomic E-state index is -2.76. The molecule has 118 valence electrons. The zero-order valence-corrected chi connectivity index (χ0v) is 13.8. The fourth-order valence-electron chi connectivity index (χ4n) is 2.87. The molecule has 1 atom stereocenters. The SMILES string of the molecule is CCN(CC)c1ccc(CNCC2CCS(=O)(=O)C2)cc1. The third-order valence-electron chi connectivity index (χ3n) is 4.15. The molecule has 0 aliphatic carbocycles. The van der Waals surface area contributed by atoms with Crippen molar-refractivity contribution < 1.29 is 8.42 Å². The first-order valence-corrected chi connectivity index (χ1v) is 9.61. The molecular formula is C16H26N2O2S. The maximum absolute atomic E-state index is 11.4. The summed E-state index contributed by atoms with van der Waals surface area (Å²) >= 11 is 0. The van der Waals surface area contributed by atoms with Crippen molar-refractivity contribution in [3.8, 4) is 0 Å². The standard InChI is InChI=1S/C16H26N2O2S/c1-3-18(4-2)16-7-5-14(6-8-16)11-17-12-15-9-10-21(19,20)13-15/h5-8,15,17H,3-4,9-13H2,1-2H3. The molecule has 2 rings (SSSR count). The topological polar surface area (TPSA) is 49.4 Å². The van der Waals surface area contributed by atoms with Crippen LogP contribution in [0.15, 0.2) is 24.3 Å². The molecule has 1 aromatic rings. The second-order valence-electron chi connectivity index (χ2n) is 5.74. The van der Waals surface area contributed by atoms with E-state index in [1.165, 1.54) is 11.3 Å². The summed E-state index contributed by atoms with van der Waals surface area (Å²) in [4.78, 5) is 2.32. The number of rotatable bonds is 7. The van der Waals surface area contributed by atoms with Gasteiger partial charge in [0.1, 0.15) is 0 Å². The zero-order valence-electron chi connectivity index (χ0n) is 13.0. The molecule has 0 aromatic heterocycles. The first kappa shape index (κ1) is 16.3. The Morgan fingerprint density at radius 3 is 2.38 bits per heavy atom. The number of sulfone groups is 1. The third kappa shape index (κ3) is 4.71. The van der Waals surface area contributed by atoms with Crippen molar-refractivity contribution in [2.45, 2.75) is 26.8 Å². The van der Waals surface area contributed by atoms with E-state index >= 15 is 0 Å². The lowest BCUT2D eigenvalue weighted by atomic mass is 10.1. The first-order valence-electron chi connectivity index (χ1n) is 7.79. The lowest BCUT2D eigenvalue weighted by Gasteiger charge is -2.21. The van der Waals surface area contributed by atoms with E-state index < -0.39 is 9.84 Å². The highest BCUT2D eigenvalue weighted by molar-refractivity contribution is 7.91. The molecule has 1 aromatic carbocycles. The molecule has 1 fully saturated rings. The van der Waals surface area contributed by atoms with E-state index in [-0.39, 0.29) is 5.92 Å². The average molecular weight is 310 g/mol. The highest BCUT2D eigenvalue weighted by Gasteiger charge is 2.27. The average Bonchev–Trinajstić information content (AvgIpc) is 2.81. The van der Waals surface area contributed by atoms with Gasteiger partial charge in [0.05, 0.1) is 11.5 Å². The van der Waals surface area contributed by atoms with Gasteiger partial charge in [-0.3, -0.25) is 0 Å². The van der Waals surface area contributed by atoms with Gasteiger partial charge in [-0.05, 0) is 50.4 Å².